The molecule has 3 amide bonds. The summed E-state index contributed by atoms with van der Waals surface area (Å²) in [6, 6.07) is 13.4. The highest BCUT2D eigenvalue weighted by Crippen LogP contribution is 2.38. The molecule has 0 N–H and O–H groups in total. The fourth-order valence-electron chi connectivity index (χ4n) is 7.02. The molecule has 4 heterocycles. The van der Waals surface area contributed by atoms with E-state index >= 15 is 0 Å². The third-order valence-corrected chi connectivity index (χ3v) is 9.09. The highest BCUT2D eigenvalue weighted by atomic mass is 16.5. The van der Waals surface area contributed by atoms with Gasteiger partial charge in [-0.1, -0.05) is 18.2 Å². The number of hydrogen-bond acceptors (Lipinski definition) is 7. The van der Waals surface area contributed by atoms with Crippen LogP contribution < -0.4 is 14.5 Å². The first kappa shape index (κ1) is 27.6. The van der Waals surface area contributed by atoms with Crippen LogP contribution >= 0.6 is 0 Å². The van der Waals surface area contributed by atoms with Gasteiger partial charge in [0.2, 0.25) is 5.91 Å². The van der Waals surface area contributed by atoms with Crippen molar-refractivity contribution in [2.45, 2.75) is 51.2 Å². The van der Waals surface area contributed by atoms with Crippen LogP contribution in [0.2, 0.25) is 0 Å². The van der Waals surface area contributed by atoms with Crippen LogP contribution in [0.5, 0.6) is 5.75 Å². The van der Waals surface area contributed by atoms with Crippen LogP contribution in [-0.4, -0.2) is 92.1 Å². The molecule has 0 bridgehead atoms. The monoisotopic (exact) mass is 560 g/mol. The number of methoxy groups -OCH3 is 1. The number of nitrogens with zero attached hydrogens (tertiary/aromatic N) is 4. The second-order valence-electron chi connectivity index (χ2n) is 12.2. The Hall–Kier alpha value is -3.59. The van der Waals surface area contributed by atoms with Crippen LogP contribution in [0.15, 0.2) is 42.5 Å². The lowest BCUT2D eigenvalue weighted by Crippen LogP contribution is -2.52. The molecule has 3 fully saturated rings. The average Bonchev–Trinajstić information content (AvgIpc) is 3.25. The Morgan fingerprint density at radius 2 is 1.66 bits per heavy atom. The number of piperazine rings is 1. The number of rotatable bonds is 5. The fraction of sp³-hybridized carbons (Fsp3) is 0.531. The largest absolute Gasteiger partial charge is 0.495 e. The third-order valence-electron chi connectivity index (χ3n) is 9.09. The molecule has 2 atom stereocenters. The van der Waals surface area contributed by atoms with E-state index in [2.05, 4.69) is 15.9 Å². The van der Waals surface area contributed by atoms with E-state index in [0.29, 0.717) is 50.2 Å². The maximum absolute atomic E-state index is 13.8. The maximum atomic E-state index is 13.8. The Kier molecular flexibility index (Phi) is 7.40. The van der Waals surface area contributed by atoms with Crippen LogP contribution in [0.25, 0.3) is 0 Å². The molecule has 0 aliphatic carbocycles. The standard InChI is InChI=1S/C32H40N4O5/c1-32(2)20-23(13-19-41-32)36-30(38)24-9-6-11-26(28(24)31(36)39)35-14-7-8-22(21-35)29(37)34-17-15-33(16-18-34)25-10-4-5-12-27(25)40-3/h4-6,9-12,22-23H,7-8,13-21H2,1-3H3. The van der Waals surface area contributed by atoms with Crippen molar-refractivity contribution in [1.29, 1.82) is 0 Å². The summed E-state index contributed by atoms with van der Waals surface area (Å²) in [7, 11) is 1.68. The van der Waals surface area contributed by atoms with Crippen LogP contribution in [0.3, 0.4) is 0 Å². The zero-order valence-corrected chi connectivity index (χ0v) is 24.3. The number of hydrogen-bond donors (Lipinski definition) is 0. The van der Waals surface area contributed by atoms with Gasteiger partial charge >= 0.3 is 0 Å². The molecule has 0 spiro atoms. The van der Waals surface area contributed by atoms with Gasteiger partial charge in [-0.2, -0.15) is 0 Å². The molecule has 9 nitrogen and oxygen atoms in total. The molecule has 41 heavy (non-hydrogen) atoms. The molecule has 2 aromatic rings. The first-order valence-corrected chi connectivity index (χ1v) is 14.8. The topological polar surface area (TPSA) is 82.6 Å². The van der Waals surface area contributed by atoms with E-state index in [9.17, 15) is 14.4 Å². The van der Waals surface area contributed by atoms with Gasteiger partial charge < -0.3 is 24.2 Å². The minimum absolute atomic E-state index is 0.142. The van der Waals surface area contributed by atoms with Gasteiger partial charge in [-0.25, -0.2) is 0 Å². The van der Waals surface area contributed by atoms with Crippen molar-refractivity contribution >= 4 is 29.1 Å². The normalized spacial score (nSPS) is 24.5. The van der Waals surface area contributed by atoms with Crippen LogP contribution in [-0.2, 0) is 9.53 Å². The van der Waals surface area contributed by atoms with Gasteiger partial charge in [-0.15, -0.1) is 0 Å². The van der Waals surface area contributed by atoms with E-state index in [1.165, 1.54) is 4.90 Å². The van der Waals surface area contributed by atoms with Crippen molar-refractivity contribution in [3.05, 3.63) is 53.6 Å². The number of piperidine rings is 1. The Labute approximate surface area is 242 Å². The first-order valence-electron chi connectivity index (χ1n) is 14.8. The zero-order chi connectivity index (χ0) is 28.7. The number of imide groups is 1. The Balaban J connectivity index is 1.14. The average molecular weight is 561 g/mol. The lowest BCUT2D eigenvalue weighted by Gasteiger charge is -2.40. The number of carbonyl (C=O) groups excluding carboxylic acids is 3. The van der Waals surface area contributed by atoms with Crippen LogP contribution in [0.4, 0.5) is 11.4 Å². The molecule has 4 aliphatic heterocycles. The summed E-state index contributed by atoms with van der Waals surface area (Å²) >= 11 is 0. The van der Waals surface area contributed by atoms with Gasteiger partial charge in [-0.05, 0) is 63.8 Å². The van der Waals surface area contributed by atoms with Crippen LogP contribution in [0.1, 0.15) is 60.2 Å². The summed E-state index contributed by atoms with van der Waals surface area (Å²) in [6.45, 7) is 8.68. The van der Waals surface area contributed by atoms with Crippen molar-refractivity contribution in [1.82, 2.24) is 9.80 Å². The summed E-state index contributed by atoms with van der Waals surface area (Å²) in [6.07, 6.45) is 2.96. The van der Waals surface area contributed by atoms with E-state index in [1.54, 1.807) is 13.2 Å². The molecule has 9 heteroatoms. The molecule has 0 radical (unpaired) electrons. The van der Waals surface area contributed by atoms with Gasteiger partial charge in [0.1, 0.15) is 5.75 Å². The highest BCUT2D eigenvalue weighted by molar-refractivity contribution is 6.24. The second kappa shape index (κ2) is 11.0. The molecule has 2 aromatic carbocycles. The molecule has 2 unspecified atom stereocenters. The quantitative estimate of drug-likeness (QED) is 0.515. The zero-order valence-electron chi connectivity index (χ0n) is 24.3. The van der Waals surface area contributed by atoms with E-state index in [-0.39, 0.29) is 35.3 Å². The highest BCUT2D eigenvalue weighted by Gasteiger charge is 2.45. The molecule has 3 saturated heterocycles. The molecular weight excluding hydrogens is 520 g/mol. The molecular formula is C32H40N4O5. The Bertz CT molecular complexity index is 1340. The van der Waals surface area contributed by atoms with Crippen molar-refractivity contribution in [3.63, 3.8) is 0 Å². The van der Waals surface area contributed by atoms with E-state index in [1.807, 2.05) is 49.1 Å². The van der Waals surface area contributed by atoms with Crippen LogP contribution in [0, 0.1) is 5.92 Å². The van der Waals surface area contributed by atoms with E-state index in [4.69, 9.17) is 9.47 Å². The van der Waals surface area contributed by atoms with Crippen molar-refractivity contribution in [2.75, 3.05) is 62.8 Å². The summed E-state index contributed by atoms with van der Waals surface area (Å²) in [4.78, 5) is 48.8. The summed E-state index contributed by atoms with van der Waals surface area (Å²) in [5, 5.41) is 0. The minimum atomic E-state index is -0.375. The van der Waals surface area contributed by atoms with Gasteiger partial charge in [0, 0.05) is 51.9 Å². The molecule has 218 valence electrons. The maximum Gasteiger partial charge on any atom is 0.263 e. The number of carbonyl (C=O) groups is 3. The van der Waals surface area contributed by atoms with Gasteiger partial charge in [-0.3, -0.25) is 19.3 Å². The number of ether oxygens (including phenoxy) is 2. The summed E-state index contributed by atoms with van der Waals surface area (Å²) in [5.74, 6) is 0.446. The predicted octanol–water partition coefficient (Wildman–Crippen LogP) is 3.81. The van der Waals surface area contributed by atoms with Gasteiger partial charge in [0.25, 0.3) is 11.8 Å². The SMILES string of the molecule is COc1ccccc1N1CCN(C(=O)C2CCCN(c3cccc4c3C(=O)N(C3CCOC(C)(C)C3)C4=O)C2)CC1. The summed E-state index contributed by atoms with van der Waals surface area (Å²) < 4.78 is 11.4. The lowest BCUT2D eigenvalue weighted by molar-refractivity contribution is -0.136. The molecule has 4 aliphatic rings. The lowest BCUT2D eigenvalue weighted by atomic mass is 9.93. The molecule has 0 aromatic heterocycles. The third kappa shape index (κ3) is 5.16. The van der Waals surface area contributed by atoms with Gasteiger partial charge in [0.05, 0.1) is 41.1 Å². The van der Waals surface area contributed by atoms with Crippen molar-refractivity contribution < 1.29 is 23.9 Å². The number of amides is 3. The number of fused-ring (bicyclic) bond motifs is 1. The number of benzene rings is 2. The van der Waals surface area contributed by atoms with E-state index < -0.39 is 0 Å². The fourth-order valence-corrected chi connectivity index (χ4v) is 7.02. The smallest absolute Gasteiger partial charge is 0.263 e. The number of anilines is 2. The van der Waals surface area contributed by atoms with Gasteiger partial charge in [0.15, 0.2) is 0 Å². The Morgan fingerprint density at radius 1 is 0.902 bits per heavy atom. The first-order chi connectivity index (χ1) is 19.8. The second-order valence-corrected chi connectivity index (χ2v) is 12.2. The van der Waals surface area contributed by atoms with Crippen molar-refractivity contribution in [2.24, 2.45) is 5.92 Å². The molecule has 6 rings (SSSR count). The van der Waals surface area contributed by atoms with E-state index in [0.717, 1.165) is 49.6 Å². The Morgan fingerprint density at radius 3 is 2.41 bits per heavy atom. The number of para-hydroxylation sites is 2. The molecule has 0 saturated carbocycles. The van der Waals surface area contributed by atoms with Crippen molar-refractivity contribution in [3.8, 4) is 5.75 Å². The minimum Gasteiger partial charge on any atom is -0.495 e. The predicted molar refractivity (Wildman–Crippen MR) is 157 cm³/mol. The summed E-state index contributed by atoms with van der Waals surface area (Å²) in [5.41, 5.74) is 2.41.